The first-order valence-electron chi connectivity index (χ1n) is 9.33. The molecule has 2 aromatic rings. The molecule has 2 heterocycles. The SMILES string of the molecule is Cc1c(NC(=O)C2CCc3[nH]nc(C(F)(F)F)c3C2)cnn1C1CCCC1. The lowest BCUT2D eigenvalue weighted by molar-refractivity contribution is -0.142. The van der Waals surface area contributed by atoms with E-state index in [1.165, 1.54) is 12.8 Å². The molecule has 0 radical (unpaired) electrons. The zero-order valence-corrected chi connectivity index (χ0v) is 15.1. The van der Waals surface area contributed by atoms with Gasteiger partial charge >= 0.3 is 6.18 Å². The van der Waals surface area contributed by atoms with Crippen LogP contribution in [0.4, 0.5) is 18.9 Å². The minimum atomic E-state index is -4.51. The molecule has 1 amide bonds. The molecule has 0 aliphatic heterocycles. The van der Waals surface area contributed by atoms with Gasteiger partial charge in [-0.2, -0.15) is 23.4 Å². The van der Waals surface area contributed by atoms with E-state index < -0.39 is 17.8 Å². The smallest absolute Gasteiger partial charge is 0.323 e. The predicted octanol–water partition coefficient (Wildman–Crippen LogP) is 3.79. The Morgan fingerprint density at radius 2 is 2.04 bits per heavy atom. The molecular formula is C18H22F3N5O. The number of rotatable bonds is 3. The van der Waals surface area contributed by atoms with Crippen molar-refractivity contribution in [2.75, 3.05) is 5.32 Å². The molecule has 6 nitrogen and oxygen atoms in total. The van der Waals surface area contributed by atoms with Crippen molar-refractivity contribution < 1.29 is 18.0 Å². The van der Waals surface area contributed by atoms with E-state index in [0.717, 1.165) is 18.5 Å². The molecule has 146 valence electrons. The molecule has 1 fully saturated rings. The standard InChI is InChI=1S/C18H22F3N5O/c1-10-15(9-22-26(10)12-4-2-3-5-12)23-17(27)11-6-7-14-13(8-11)16(25-24-14)18(19,20)21/h9,11-12H,2-8H2,1H3,(H,23,27)(H,24,25). The average Bonchev–Trinajstić information content (AvgIpc) is 3.34. The maximum Gasteiger partial charge on any atom is 0.435 e. The lowest BCUT2D eigenvalue weighted by atomic mass is 9.85. The highest BCUT2D eigenvalue weighted by atomic mass is 19.4. The monoisotopic (exact) mass is 381 g/mol. The Balaban J connectivity index is 1.48. The van der Waals surface area contributed by atoms with Gasteiger partial charge in [-0.1, -0.05) is 12.8 Å². The minimum absolute atomic E-state index is 0.0440. The number of carbonyl (C=O) groups excluding carboxylic acids is 1. The van der Waals surface area contributed by atoms with E-state index in [0.29, 0.717) is 30.3 Å². The fourth-order valence-electron chi connectivity index (χ4n) is 4.25. The number of anilines is 1. The summed E-state index contributed by atoms with van der Waals surface area (Å²) in [7, 11) is 0. The molecule has 0 saturated heterocycles. The molecule has 2 N–H and O–H groups in total. The maximum absolute atomic E-state index is 13.1. The molecule has 2 aromatic heterocycles. The van der Waals surface area contributed by atoms with Gasteiger partial charge in [0.1, 0.15) is 0 Å². The van der Waals surface area contributed by atoms with Crippen LogP contribution in [0.5, 0.6) is 0 Å². The van der Waals surface area contributed by atoms with Crippen molar-refractivity contribution in [2.24, 2.45) is 5.92 Å². The number of nitrogens with one attached hydrogen (secondary N) is 2. The Bertz CT molecular complexity index is 848. The molecule has 9 heteroatoms. The average molecular weight is 381 g/mol. The van der Waals surface area contributed by atoms with E-state index in [9.17, 15) is 18.0 Å². The van der Waals surface area contributed by atoms with Gasteiger partial charge in [0.2, 0.25) is 5.91 Å². The van der Waals surface area contributed by atoms with E-state index in [-0.39, 0.29) is 17.9 Å². The fourth-order valence-corrected chi connectivity index (χ4v) is 4.25. The minimum Gasteiger partial charge on any atom is -0.323 e. The Labute approximate surface area is 154 Å². The summed E-state index contributed by atoms with van der Waals surface area (Å²) in [6.45, 7) is 1.91. The number of alkyl halides is 3. The van der Waals surface area contributed by atoms with Crippen LogP contribution in [-0.4, -0.2) is 25.9 Å². The van der Waals surface area contributed by atoms with Crippen molar-refractivity contribution >= 4 is 11.6 Å². The lowest BCUT2D eigenvalue weighted by Gasteiger charge is -2.22. The summed E-state index contributed by atoms with van der Waals surface area (Å²) in [4.78, 5) is 12.7. The number of aromatic nitrogens is 4. The van der Waals surface area contributed by atoms with Crippen LogP contribution in [0.1, 0.15) is 60.8 Å². The molecule has 2 aliphatic carbocycles. The van der Waals surface area contributed by atoms with Crippen LogP contribution in [-0.2, 0) is 23.8 Å². The fraction of sp³-hybridized carbons (Fsp3) is 0.611. The van der Waals surface area contributed by atoms with Crippen molar-refractivity contribution in [3.05, 3.63) is 28.8 Å². The first-order chi connectivity index (χ1) is 12.8. The van der Waals surface area contributed by atoms with Crippen molar-refractivity contribution in [1.29, 1.82) is 0 Å². The van der Waals surface area contributed by atoms with Gasteiger partial charge in [-0.15, -0.1) is 0 Å². The number of H-pyrrole nitrogens is 1. The third-order valence-corrected chi connectivity index (χ3v) is 5.76. The lowest BCUT2D eigenvalue weighted by Crippen LogP contribution is -2.29. The quantitative estimate of drug-likeness (QED) is 0.849. The van der Waals surface area contributed by atoms with Crippen LogP contribution in [0, 0.1) is 12.8 Å². The Morgan fingerprint density at radius 3 is 2.74 bits per heavy atom. The van der Waals surface area contributed by atoms with Crippen molar-refractivity contribution in [2.45, 2.75) is 64.1 Å². The zero-order chi connectivity index (χ0) is 19.2. The topological polar surface area (TPSA) is 75.6 Å². The second-order valence-electron chi connectivity index (χ2n) is 7.48. The number of nitrogens with zero attached hydrogens (tertiary/aromatic N) is 3. The van der Waals surface area contributed by atoms with Crippen LogP contribution in [0.3, 0.4) is 0 Å². The summed E-state index contributed by atoms with van der Waals surface area (Å²) < 4.78 is 41.2. The number of hydrogen-bond donors (Lipinski definition) is 2. The molecule has 1 unspecified atom stereocenters. The molecule has 27 heavy (non-hydrogen) atoms. The summed E-state index contributed by atoms with van der Waals surface area (Å²) in [6, 6.07) is 0.369. The number of fused-ring (bicyclic) bond motifs is 1. The van der Waals surface area contributed by atoms with Crippen molar-refractivity contribution in [3.63, 3.8) is 0 Å². The molecule has 1 atom stereocenters. The van der Waals surface area contributed by atoms with Gasteiger partial charge in [-0.3, -0.25) is 14.6 Å². The number of aromatic amines is 1. The van der Waals surface area contributed by atoms with E-state index in [4.69, 9.17) is 0 Å². The number of aryl methyl sites for hydroxylation is 1. The van der Waals surface area contributed by atoms with Crippen LogP contribution in [0.15, 0.2) is 6.20 Å². The number of hydrogen-bond acceptors (Lipinski definition) is 3. The summed E-state index contributed by atoms with van der Waals surface area (Å²) in [5.41, 5.74) is 1.23. The van der Waals surface area contributed by atoms with Gasteiger partial charge in [0.25, 0.3) is 0 Å². The van der Waals surface area contributed by atoms with Crippen molar-refractivity contribution in [1.82, 2.24) is 20.0 Å². The predicted molar refractivity (Wildman–Crippen MR) is 92.2 cm³/mol. The normalized spacial score (nSPS) is 20.7. The highest BCUT2D eigenvalue weighted by molar-refractivity contribution is 5.93. The van der Waals surface area contributed by atoms with Gasteiger partial charge in [0.15, 0.2) is 5.69 Å². The maximum atomic E-state index is 13.1. The van der Waals surface area contributed by atoms with Gasteiger partial charge in [0.05, 0.1) is 23.6 Å². The Hall–Kier alpha value is -2.32. The first-order valence-corrected chi connectivity index (χ1v) is 9.33. The second kappa shape index (κ2) is 6.69. The van der Waals surface area contributed by atoms with Crippen LogP contribution in [0.25, 0.3) is 0 Å². The van der Waals surface area contributed by atoms with Gasteiger partial charge in [0, 0.05) is 17.2 Å². The second-order valence-corrected chi connectivity index (χ2v) is 7.48. The van der Waals surface area contributed by atoms with E-state index in [1.807, 2.05) is 11.6 Å². The molecule has 2 aliphatic rings. The Morgan fingerprint density at radius 1 is 1.30 bits per heavy atom. The van der Waals surface area contributed by atoms with Crippen LogP contribution in [0.2, 0.25) is 0 Å². The van der Waals surface area contributed by atoms with Crippen LogP contribution < -0.4 is 5.32 Å². The zero-order valence-electron chi connectivity index (χ0n) is 15.1. The van der Waals surface area contributed by atoms with Crippen molar-refractivity contribution in [3.8, 4) is 0 Å². The first kappa shape index (κ1) is 18.1. The number of amides is 1. The highest BCUT2D eigenvalue weighted by Gasteiger charge is 2.40. The summed E-state index contributed by atoms with van der Waals surface area (Å²) in [5.74, 6) is -0.769. The Kier molecular flexibility index (Phi) is 4.47. The summed E-state index contributed by atoms with van der Waals surface area (Å²) >= 11 is 0. The molecule has 0 aromatic carbocycles. The van der Waals surface area contributed by atoms with Crippen LogP contribution >= 0.6 is 0 Å². The van der Waals surface area contributed by atoms with E-state index in [1.54, 1.807) is 6.20 Å². The third-order valence-electron chi connectivity index (χ3n) is 5.76. The molecule has 1 saturated carbocycles. The van der Waals surface area contributed by atoms with Gasteiger partial charge in [-0.25, -0.2) is 0 Å². The summed E-state index contributed by atoms with van der Waals surface area (Å²) in [6.07, 6.45) is 2.59. The third kappa shape index (κ3) is 3.35. The highest BCUT2D eigenvalue weighted by Crippen LogP contribution is 2.36. The van der Waals surface area contributed by atoms with Gasteiger partial charge in [-0.05, 0) is 39.0 Å². The number of carbonyl (C=O) groups is 1. The molecule has 0 spiro atoms. The van der Waals surface area contributed by atoms with E-state index in [2.05, 4.69) is 20.6 Å². The largest absolute Gasteiger partial charge is 0.435 e. The van der Waals surface area contributed by atoms with E-state index >= 15 is 0 Å². The molecular weight excluding hydrogens is 359 g/mol. The summed E-state index contributed by atoms with van der Waals surface area (Å²) in [5, 5.41) is 13.2. The molecule has 0 bridgehead atoms. The van der Waals surface area contributed by atoms with Gasteiger partial charge < -0.3 is 5.32 Å². The number of halogens is 3. The molecule has 4 rings (SSSR count).